The summed E-state index contributed by atoms with van der Waals surface area (Å²) in [5.74, 6) is -1.61. The van der Waals surface area contributed by atoms with Gasteiger partial charge in [0.25, 0.3) is 0 Å². The van der Waals surface area contributed by atoms with Gasteiger partial charge in [-0.15, -0.1) is 0 Å². The molecule has 0 bridgehead atoms. The predicted molar refractivity (Wildman–Crippen MR) is 77.1 cm³/mol. The van der Waals surface area contributed by atoms with E-state index in [-0.39, 0.29) is 11.5 Å². The fraction of sp³-hybridized carbons (Fsp3) is 0.600. The lowest BCUT2D eigenvalue weighted by atomic mass is 9.92. The van der Waals surface area contributed by atoms with Crippen molar-refractivity contribution < 1.29 is 19.8 Å². The zero-order valence-corrected chi connectivity index (χ0v) is 12.2. The molecule has 0 heterocycles. The summed E-state index contributed by atoms with van der Waals surface area (Å²) >= 11 is 0. The molecule has 0 aliphatic rings. The summed E-state index contributed by atoms with van der Waals surface area (Å²) in [4.78, 5) is 20.2. The molecule has 0 amide bonds. The van der Waals surface area contributed by atoms with Crippen LogP contribution in [-0.2, 0) is 9.59 Å². The number of unbranched alkanes of at least 4 members (excludes halogenated alkanes) is 2. The standard InChI is InChI=1S/C11H20O2.C4H6O2/c1-4-6-7-8-10(5-2)9(3)11(12)13;1-3(2)4(5)6/h10H,3-8H2,1-2H3,(H,12,13);1H2,2H3,(H,5,6). The third kappa shape index (κ3) is 11.3. The van der Waals surface area contributed by atoms with Crippen LogP contribution in [0.1, 0.15) is 52.9 Å². The molecule has 0 radical (unpaired) electrons. The first kappa shape index (κ1) is 19.8. The van der Waals surface area contributed by atoms with Crippen LogP contribution in [0.15, 0.2) is 24.3 Å². The van der Waals surface area contributed by atoms with E-state index in [0.717, 1.165) is 19.3 Å². The molecule has 0 aromatic carbocycles. The maximum absolute atomic E-state index is 10.6. The lowest BCUT2D eigenvalue weighted by Crippen LogP contribution is -2.10. The molecule has 4 heteroatoms. The molecule has 0 fully saturated rings. The summed E-state index contributed by atoms with van der Waals surface area (Å²) in [5.41, 5.74) is 0.550. The summed E-state index contributed by atoms with van der Waals surface area (Å²) in [6.07, 6.45) is 5.32. The third-order valence-corrected chi connectivity index (χ3v) is 2.78. The lowest BCUT2D eigenvalue weighted by molar-refractivity contribution is -0.134. The number of carboxylic acid groups (broad SMARTS) is 2. The van der Waals surface area contributed by atoms with Crippen LogP contribution in [-0.4, -0.2) is 22.2 Å². The van der Waals surface area contributed by atoms with Gasteiger partial charge in [0.1, 0.15) is 0 Å². The van der Waals surface area contributed by atoms with E-state index in [1.165, 1.54) is 19.8 Å². The average Bonchev–Trinajstić information content (AvgIpc) is 2.34. The molecule has 0 aromatic rings. The van der Waals surface area contributed by atoms with Crippen molar-refractivity contribution in [2.24, 2.45) is 5.92 Å². The summed E-state index contributed by atoms with van der Waals surface area (Å²) in [7, 11) is 0. The van der Waals surface area contributed by atoms with Gasteiger partial charge in [0.15, 0.2) is 0 Å². The van der Waals surface area contributed by atoms with Crippen LogP contribution in [0, 0.1) is 5.92 Å². The second-order valence-corrected chi connectivity index (χ2v) is 4.52. The van der Waals surface area contributed by atoms with Gasteiger partial charge in [0, 0.05) is 11.1 Å². The van der Waals surface area contributed by atoms with E-state index >= 15 is 0 Å². The topological polar surface area (TPSA) is 74.6 Å². The minimum Gasteiger partial charge on any atom is -0.478 e. The molecule has 4 nitrogen and oxygen atoms in total. The van der Waals surface area contributed by atoms with Crippen molar-refractivity contribution in [3.05, 3.63) is 24.3 Å². The van der Waals surface area contributed by atoms with Crippen LogP contribution < -0.4 is 0 Å². The number of carboxylic acids is 2. The van der Waals surface area contributed by atoms with Gasteiger partial charge in [-0.25, -0.2) is 9.59 Å². The number of aliphatic carboxylic acids is 2. The molecule has 19 heavy (non-hydrogen) atoms. The van der Waals surface area contributed by atoms with Crippen molar-refractivity contribution in [2.75, 3.05) is 0 Å². The van der Waals surface area contributed by atoms with Crippen molar-refractivity contribution in [1.29, 1.82) is 0 Å². The van der Waals surface area contributed by atoms with Crippen molar-refractivity contribution in [2.45, 2.75) is 52.9 Å². The van der Waals surface area contributed by atoms with Crippen LogP contribution in [0.2, 0.25) is 0 Å². The number of hydrogen-bond acceptors (Lipinski definition) is 2. The Morgan fingerprint density at radius 3 is 1.79 bits per heavy atom. The average molecular weight is 270 g/mol. The lowest BCUT2D eigenvalue weighted by Gasteiger charge is -2.13. The second-order valence-electron chi connectivity index (χ2n) is 4.52. The molecule has 0 aliphatic carbocycles. The van der Waals surface area contributed by atoms with E-state index in [9.17, 15) is 9.59 Å². The van der Waals surface area contributed by atoms with Crippen molar-refractivity contribution >= 4 is 11.9 Å². The first-order valence-electron chi connectivity index (χ1n) is 6.58. The van der Waals surface area contributed by atoms with Crippen LogP contribution in [0.5, 0.6) is 0 Å². The van der Waals surface area contributed by atoms with Crippen LogP contribution in [0.4, 0.5) is 0 Å². The Morgan fingerprint density at radius 2 is 1.53 bits per heavy atom. The summed E-state index contributed by atoms with van der Waals surface area (Å²) in [6, 6.07) is 0. The van der Waals surface area contributed by atoms with Crippen molar-refractivity contribution in [1.82, 2.24) is 0 Å². The highest BCUT2D eigenvalue weighted by Gasteiger charge is 2.15. The number of carbonyl (C=O) groups is 2. The van der Waals surface area contributed by atoms with E-state index in [2.05, 4.69) is 20.1 Å². The van der Waals surface area contributed by atoms with Gasteiger partial charge >= 0.3 is 11.9 Å². The third-order valence-electron chi connectivity index (χ3n) is 2.78. The Kier molecular flexibility index (Phi) is 12.0. The first-order chi connectivity index (χ1) is 8.77. The fourth-order valence-corrected chi connectivity index (χ4v) is 1.44. The van der Waals surface area contributed by atoms with Crippen LogP contribution in [0.3, 0.4) is 0 Å². The molecule has 0 aromatic heterocycles. The molecule has 1 unspecified atom stereocenters. The summed E-state index contributed by atoms with van der Waals surface area (Å²) in [5, 5.41) is 16.6. The van der Waals surface area contributed by atoms with E-state index in [0.29, 0.717) is 5.57 Å². The van der Waals surface area contributed by atoms with Crippen LogP contribution in [0.25, 0.3) is 0 Å². The Hall–Kier alpha value is -1.58. The molecule has 0 spiro atoms. The smallest absolute Gasteiger partial charge is 0.331 e. The molecule has 0 rings (SSSR count). The quantitative estimate of drug-likeness (QED) is 0.518. The van der Waals surface area contributed by atoms with Crippen molar-refractivity contribution in [3.8, 4) is 0 Å². The maximum Gasteiger partial charge on any atom is 0.331 e. The number of hydrogen-bond donors (Lipinski definition) is 2. The van der Waals surface area contributed by atoms with Gasteiger partial charge in [-0.05, 0) is 25.7 Å². The summed E-state index contributed by atoms with van der Waals surface area (Å²) < 4.78 is 0. The fourth-order valence-electron chi connectivity index (χ4n) is 1.44. The van der Waals surface area contributed by atoms with Crippen LogP contribution >= 0.6 is 0 Å². The molecule has 0 saturated heterocycles. The zero-order valence-electron chi connectivity index (χ0n) is 12.2. The highest BCUT2D eigenvalue weighted by Crippen LogP contribution is 2.20. The largest absolute Gasteiger partial charge is 0.478 e. The zero-order chi connectivity index (χ0) is 15.4. The molecule has 0 saturated carbocycles. The highest BCUT2D eigenvalue weighted by molar-refractivity contribution is 5.86. The Morgan fingerprint density at radius 1 is 1.05 bits per heavy atom. The molecule has 1 atom stereocenters. The van der Waals surface area contributed by atoms with E-state index in [4.69, 9.17) is 10.2 Å². The van der Waals surface area contributed by atoms with Gasteiger partial charge in [-0.1, -0.05) is 46.3 Å². The van der Waals surface area contributed by atoms with Crippen molar-refractivity contribution in [3.63, 3.8) is 0 Å². The highest BCUT2D eigenvalue weighted by atomic mass is 16.4. The molecule has 2 N–H and O–H groups in total. The molecule has 0 aliphatic heterocycles. The molecular formula is C15H26O4. The Labute approximate surface area is 115 Å². The summed E-state index contributed by atoms with van der Waals surface area (Å²) in [6.45, 7) is 12.4. The monoisotopic (exact) mass is 270 g/mol. The van der Waals surface area contributed by atoms with E-state index in [1.807, 2.05) is 6.92 Å². The van der Waals surface area contributed by atoms with E-state index in [1.54, 1.807) is 0 Å². The van der Waals surface area contributed by atoms with Gasteiger partial charge in [0.2, 0.25) is 0 Å². The SMILES string of the molecule is C=C(C(=O)O)C(CC)CCCCC.C=C(C)C(=O)O. The Balaban J connectivity index is 0. The minimum atomic E-state index is -0.935. The minimum absolute atomic E-state index is 0.170. The first-order valence-corrected chi connectivity index (χ1v) is 6.58. The van der Waals surface area contributed by atoms with Gasteiger partial charge < -0.3 is 10.2 Å². The predicted octanol–water partition coefficient (Wildman–Crippen LogP) is 3.88. The molecule has 110 valence electrons. The van der Waals surface area contributed by atoms with Gasteiger partial charge in [0.05, 0.1) is 0 Å². The number of rotatable bonds is 8. The molecular weight excluding hydrogens is 244 g/mol. The maximum atomic E-state index is 10.6. The Bertz CT molecular complexity index is 306. The van der Waals surface area contributed by atoms with Gasteiger partial charge in [-0.2, -0.15) is 0 Å². The van der Waals surface area contributed by atoms with E-state index < -0.39 is 11.9 Å². The second kappa shape index (κ2) is 11.5. The normalized spacial score (nSPS) is 10.9. The van der Waals surface area contributed by atoms with Gasteiger partial charge in [-0.3, -0.25) is 0 Å².